The van der Waals surface area contributed by atoms with E-state index in [4.69, 9.17) is 9.84 Å². The molecule has 1 saturated heterocycles. The van der Waals surface area contributed by atoms with Gasteiger partial charge in [0.25, 0.3) is 0 Å². The van der Waals surface area contributed by atoms with Crippen molar-refractivity contribution in [3.05, 3.63) is 35.4 Å². The highest BCUT2D eigenvalue weighted by molar-refractivity contribution is 5.89. The van der Waals surface area contributed by atoms with Gasteiger partial charge in [0.2, 0.25) is 5.91 Å². The summed E-state index contributed by atoms with van der Waals surface area (Å²) in [6.45, 7) is 4.02. The first-order chi connectivity index (χ1) is 10.6. The molecule has 1 aromatic carbocycles. The molecule has 1 unspecified atom stereocenters. The van der Waals surface area contributed by atoms with Gasteiger partial charge in [-0.25, -0.2) is 4.79 Å². The van der Waals surface area contributed by atoms with Gasteiger partial charge in [-0.05, 0) is 37.8 Å². The molecule has 1 atom stereocenters. The third-order valence-corrected chi connectivity index (χ3v) is 4.04. The Labute approximate surface area is 130 Å². The monoisotopic (exact) mass is 305 g/mol. The molecular formula is C17H23NO4. The Morgan fingerprint density at radius 1 is 1.36 bits per heavy atom. The average Bonchev–Trinajstić information content (AvgIpc) is 3.03. The summed E-state index contributed by atoms with van der Waals surface area (Å²) in [5.74, 6) is -0.895. The Morgan fingerprint density at radius 2 is 2.14 bits per heavy atom. The van der Waals surface area contributed by atoms with E-state index >= 15 is 0 Å². The van der Waals surface area contributed by atoms with Crippen LogP contribution >= 0.6 is 0 Å². The SMILES string of the molecule is CCN(CC1CCCO1)C(=O)CCc1ccccc1C(=O)O. The minimum atomic E-state index is -0.949. The van der Waals surface area contributed by atoms with Crippen LogP contribution in [-0.2, 0) is 16.0 Å². The summed E-state index contributed by atoms with van der Waals surface area (Å²) in [6.07, 6.45) is 2.98. The first kappa shape index (κ1) is 16.5. The number of benzene rings is 1. The summed E-state index contributed by atoms with van der Waals surface area (Å²) in [6, 6.07) is 6.85. The third kappa shape index (κ3) is 4.31. The van der Waals surface area contributed by atoms with Gasteiger partial charge in [-0.1, -0.05) is 18.2 Å². The van der Waals surface area contributed by atoms with E-state index in [0.717, 1.165) is 19.4 Å². The van der Waals surface area contributed by atoms with Crippen molar-refractivity contribution in [3.8, 4) is 0 Å². The zero-order chi connectivity index (χ0) is 15.9. The molecule has 1 amide bonds. The normalized spacial score (nSPS) is 17.4. The number of carbonyl (C=O) groups is 2. The van der Waals surface area contributed by atoms with Crippen LogP contribution in [0, 0.1) is 0 Å². The van der Waals surface area contributed by atoms with Crippen LogP contribution in [0.5, 0.6) is 0 Å². The topological polar surface area (TPSA) is 66.8 Å². The summed E-state index contributed by atoms with van der Waals surface area (Å²) in [4.78, 5) is 25.3. The molecule has 1 aliphatic heterocycles. The van der Waals surface area contributed by atoms with E-state index < -0.39 is 5.97 Å². The first-order valence-electron chi connectivity index (χ1n) is 7.82. The molecule has 0 aromatic heterocycles. The number of carboxylic acid groups (broad SMARTS) is 1. The van der Waals surface area contributed by atoms with Crippen molar-refractivity contribution in [1.82, 2.24) is 4.90 Å². The number of hydrogen-bond acceptors (Lipinski definition) is 3. The fourth-order valence-electron chi connectivity index (χ4n) is 2.79. The molecule has 1 fully saturated rings. The van der Waals surface area contributed by atoms with Crippen LogP contribution in [0.3, 0.4) is 0 Å². The molecule has 0 radical (unpaired) electrons. The molecule has 22 heavy (non-hydrogen) atoms. The molecule has 1 aromatic rings. The predicted molar refractivity (Wildman–Crippen MR) is 83.0 cm³/mol. The van der Waals surface area contributed by atoms with E-state index in [0.29, 0.717) is 31.5 Å². The number of likely N-dealkylation sites (N-methyl/N-ethyl adjacent to an activating group) is 1. The molecule has 120 valence electrons. The summed E-state index contributed by atoms with van der Waals surface area (Å²) >= 11 is 0. The van der Waals surface area contributed by atoms with Gasteiger partial charge in [0.05, 0.1) is 11.7 Å². The van der Waals surface area contributed by atoms with Crippen molar-refractivity contribution in [2.75, 3.05) is 19.7 Å². The first-order valence-corrected chi connectivity index (χ1v) is 7.82. The lowest BCUT2D eigenvalue weighted by Gasteiger charge is -2.24. The molecule has 0 bridgehead atoms. The largest absolute Gasteiger partial charge is 0.478 e. The number of aromatic carboxylic acids is 1. The van der Waals surface area contributed by atoms with E-state index in [1.165, 1.54) is 0 Å². The Bertz CT molecular complexity index is 523. The Kier molecular flexibility index (Phi) is 5.95. The summed E-state index contributed by atoms with van der Waals surface area (Å²) in [5, 5.41) is 9.16. The highest BCUT2D eigenvalue weighted by Gasteiger charge is 2.21. The van der Waals surface area contributed by atoms with Crippen molar-refractivity contribution in [3.63, 3.8) is 0 Å². The van der Waals surface area contributed by atoms with Crippen LogP contribution in [0.1, 0.15) is 42.1 Å². The van der Waals surface area contributed by atoms with Crippen molar-refractivity contribution < 1.29 is 19.4 Å². The van der Waals surface area contributed by atoms with Crippen LogP contribution in [0.4, 0.5) is 0 Å². The van der Waals surface area contributed by atoms with Gasteiger partial charge in [-0.2, -0.15) is 0 Å². The fraction of sp³-hybridized carbons (Fsp3) is 0.529. The van der Waals surface area contributed by atoms with Crippen LogP contribution in [0.2, 0.25) is 0 Å². The van der Waals surface area contributed by atoms with E-state index in [2.05, 4.69) is 0 Å². The third-order valence-electron chi connectivity index (χ3n) is 4.04. The molecular weight excluding hydrogens is 282 g/mol. The van der Waals surface area contributed by atoms with Crippen molar-refractivity contribution in [2.45, 2.75) is 38.7 Å². The van der Waals surface area contributed by atoms with Crippen LogP contribution in [0.15, 0.2) is 24.3 Å². The second-order valence-electron chi connectivity index (χ2n) is 5.53. The highest BCUT2D eigenvalue weighted by Crippen LogP contribution is 2.15. The van der Waals surface area contributed by atoms with Crippen molar-refractivity contribution in [2.24, 2.45) is 0 Å². The maximum Gasteiger partial charge on any atom is 0.335 e. The molecule has 0 aliphatic carbocycles. The van der Waals surface area contributed by atoms with E-state index in [1.54, 1.807) is 29.2 Å². The molecule has 0 spiro atoms. The molecule has 5 heteroatoms. The van der Waals surface area contributed by atoms with Crippen molar-refractivity contribution >= 4 is 11.9 Å². The number of nitrogens with zero attached hydrogens (tertiary/aromatic N) is 1. The minimum absolute atomic E-state index is 0.0539. The molecule has 1 heterocycles. The Morgan fingerprint density at radius 3 is 2.77 bits per heavy atom. The number of hydrogen-bond donors (Lipinski definition) is 1. The van der Waals surface area contributed by atoms with Crippen LogP contribution in [-0.4, -0.2) is 47.7 Å². The molecule has 5 nitrogen and oxygen atoms in total. The number of ether oxygens (including phenoxy) is 1. The lowest BCUT2D eigenvalue weighted by atomic mass is 10.0. The van der Waals surface area contributed by atoms with E-state index in [1.807, 2.05) is 6.92 Å². The number of rotatable bonds is 7. The van der Waals surface area contributed by atoms with Gasteiger partial charge >= 0.3 is 5.97 Å². The van der Waals surface area contributed by atoms with Crippen LogP contribution in [0.25, 0.3) is 0 Å². The Hall–Kier alpha value is -1.88. The zero-order valence-corrected chi connectivity index (χ0v) is 13.0. The van der Waals surface area contributed by atoms with Gasteiger partial charge in [0.15, 0.2) is 0 Å². The van der Waals surface area contributed by atoms with Crippen molar-refractivity contribution in [1.29, 1.82) is 0 Å². The maximum atomic E-state index is 12.3. The maximum absolute atomic E-state index is 12.3. The quantitative estimate of drug-likeness (QED) is 0.839. The average molecular weight is 305 g/mol. The second-order valence-corrected chi connectivity index (χ2v) is 5.53. The number of carbonyl (C=O) groups excluding carboxylic acids is 1. The van der Waals surface area contributed by atoms with Gasteiger partial charge < -0.3 is 14.7 Å². The lowest BCUT2D eigenvalue weighted by Crippen LogP contribution is -2.37. The standard InChI is InChI=1S/C17H23NO4/c1-2-18(12-14-7-5-11-22-14)16(19)10-9-13-6-3-4-8-15(13)17(20)21/h3-4,6,8,14H,2,5,7,9-12H2,1H3,(H,20,21). The minimum Gasteiger partial charge on any atom is -0.478 e. The highest BCUT2D eigenvalue weighted by atomic mass is 16.5. The van der Waals surface area contributed by atoms with Gasteiger partial charge in [0, 0.05) is 26.1 Å². The van der Waals surface area contributed by atoms with Gasteiger partial charge in [-0.3, -0.25) is 4.79 Å². The summed E-state index contributed by atoms with van der Waals surface area (Å²) in [7, 11) is 0. The predicted octanol–water partition coefficient (Wildman–Crippen LogP) is 2.34. The molecule has 2 rings (SSSR count). The Balaban J connectivity index is 1.92. The number of amides is 1. The zero-order valence-electron chi connectivity index (χ0n) is 13.0. The molecule has 1 aliphatic rings. The fourth-order valence-corrected chi connectivity index (χ4v) is 2.79. The van der Waals surface area contributed by atoms with E-state index in [-0.39, 0.29) is 17.6 Å². The number of carboxylic acids is 1. The molecule has 1 N–H and O–H groups in total. The number of aryl methyl sites for hydroxylation is 1. The van der Waals surface area contributed by atoms with Crippen LogP contribution < -0.4 is 0 Å². The second kappa shape index (κ2) is 7.94. The molecule has 0 saturated carbocycles. The summed E-state index contributed by atoms with van der Waals surface area (Å²) < 4.78 is 5.58. The van der Waals surface area contributed by atoms with Gasteiger partial charge in [-0.15, -0.1) is 0 Å². The van der Waals surface area contributed by atoms with Gasteiger partial charge in [0.1, 0.15) is 0 Å². The summed E-state index contributed by atoms with van der Waals surface area (Å²) in [5.41, 5.74) is 0.981. The van der Waals surface area contributed by atoms with E-state index in [9.17, 15) is 9.59 Å². The lowest BCUT2D eigenvalue weighted by molar-refractivity contribution is -0.132. The smallest absolute Gasteiger partial charge is 0.335 e.